The van der Waals surface area contributed by atoms with Crippen LogP contribution in [0.25, 0.3) is 11.0 Å². The standard InChI is InChI=1S/C19H20N4O/c1-11-9-15(17-13(3)21-22(4)18(17)20-11)19(24)23-12(2)10-14-7-5-6-8-16(14)23/h5-9,12H,10H2,1-4H3/t12-/m1/s1. The number of anilines is 1. The van der Waals surface area contributed by atoms with Crippen molar-refractivity contribution in [2.24, 2.45) is 7.05 Å². The number of nitrogens with zero attached hydrogens (tertiary/aromatic N) is 4. The van der Waals surface area contributed by atoms with Crippen LogP contribution in [0.2, 0.25) is 0 Å². The summed E-state index contributed by atoms with van der Waals surface area (Å²) in [6.07, 6.45) is 0.890. The number of hydrogen-bond acceptors (Lipinski definition) is 3. The van der Waals surface area contributed by atoms with Gasteiger partial charge in [-0.3, -0.25) is 9.48 Å². The van der Waals surface area contributed by atoms with Gasteiger partial charge >= 0.3 is 0 Å². The number of benzene rings is 1. The largest absolute Gasteiger partial charge is 0.305 e. The molecule has 1 aliphatic heterocycles. The summed E-state index contributed by atoms with van der Waals surface area (Å²) < 4.78 is 1.75. The van der Waals surface area contributed by atoms with E-state index in [1.165, 1.54) is 5.56 Å². The van der Waals surface area contributed by atoms with Crippen LogP contribution in [0.3, 0.4) is 0 Å². The SMILES string of the molecule is Cc1cc(C(=O)N2c3ccccc3C[C@H]2C)c2c(C)nn(C)c2n1. The Labute approximate surface area is 140 Å². The molecule has 1 aliphatic rings. The molecule has 2 aromatic heterocycles. The number of pyridine rings is 1. The van der Waals surface area contributed by atoms with E-state index in [0.717, 1.165) is 34.5 Å². The summed E-state index contributed by atoms with van der Waals surface area (Å²) in [5.41, 5.74) is 5.35. The van der Waals surface area contributed by atoms with E-state index >= 15 is 0 Å². The van der Waals surface area contributed by atoms with E-state index in [0.29, 0.717) is 5.56 Å². The molecule has 3 aromatic rings. The second-order valence-electron chi connectivity index (χ2n) is 6.58. The monoisotopic (exact) mass is 320 g/mol. The van der Waals surface area contributed by atoms with E-state index < -0.39 is 0 Å². The maximum absolute atomic E-state index is 13.4. The molecule has 5 nitrogen and oxygen atoms in total. The number of fused-ring (bicyclic) bond motifs is 2. The third kappa shape index (κ3) is 2.04. The number of aryl methyl sites for hydroxylation is 3. The van der Waals surface area contributed by atoms with E-state index in [9.17, 15) is 4.79 Å². The summed E-state index contributed by atoms with van der Waals surface area (Å²) in [4.78, 5) is 19.9. The minimum Gasteiger partial charge on any atom is -0.305 e. The van der Waals surface area contributed by atoms with Gasteiger partial charge in [-0.25, -0.2) is 4.98 Å². The van der Waals surface area contributed by atoms with Gasteiger partial charge in [0.2, 0.25) is 0 Å². The first-order chi connectivity index (χ1) is 11.5. The Kier molecular flexibility index (Phi) is 3.20. The summed E-state index contributed by atoms with van der Waals surface area (Å²) in [6, 6.07) is 10.2. The number of carbonyl (C=O) groups excluding carboxylic acids is 1. The van der Waals surface area contributed by atoms with Crippen LogP contribution < -0.4 is 4.90 Å². The molecule has 0 unspecified atom stereocenters. The molecule has 0 aliphatic carbocycles. The predicted octanol–water partition coefficient (Wildman–Crippen LogP) is 3.18. The van der Waals surface area contributed by atoms with Gasteiger partial charge in [0.1, 0.15) is 0 Å². The van der Waals surface area contributed by atoms with Gasteiger partial charge in [-0.1, -0.05) is 18.2 Å². The second kappa shape index (κ2) is 5.16. The van der Waals surface area contributed by atoms with Crippen LogP contribution in [0.5, 0.6) is 0 Å². The lowest BCUT2D eigenvalue weighted by molar-refractivity contribution is 0.0983. The van der Waals surface area contributed by atoms with E-state index in [2.05, 4.69) is 23.1 Å². The van der Waals surface area contributed by atoms with Gasteiger partial charge in [0.15, 0.2) is 5.65 Å². The molecule has 4 rings (SSSR count). The van der Waals surface area contributed by atoms with Crippen LogP contribution in [0.1, 0.15) is 34.2 Å². The fraction of sp³-hybridized carbons (Fsp3) is 0.316. The number of hydrogen-bond donors (Lipinski definition) is 0. The minimum atomic E-state index is 0.0269. The number of carbonyl (C=O) groups is 1. The first-order valence-corrected chi connectivity index (χ1v) is 8.20. The Balaban J connectivity index is 1.91. The van der Waals surface area contributed by atoms with E-state index in [1.54, 1.807) is 4.68 Å². The fourth-order valence-electron chi connectivity index (χ4n) is 3.74. The molecule has 0 radical (unpaired) electrons. The lowest BCUT2D eigenvalue weighted by Gasteiger charge is -2.23. The topological polar surface area (TPSA) is 51.0 Å². The number of rotatable bonds is 1. The summed E-state index contributed by atoms with van der Waals surface area (Å²) in [5, 5.41) is 5.30. The van der Waals surface area contributed by atoms with Crippen LogP contribution in [-0.4, -0.2) is 26.7 Å². The number of aromatic nitrogens is 3. The average molecular weight is 320 g/mol. The molecule has 0 bridgehead atoms. The van der Waals surface area contributed by atoms with Gasteiger partial charge in [-0.15, -0.1) is 0 Å². The summed E-state index contributed by atoms with van der Waals surface area (Å²) in [7, 11) is 1.86. The number of amides is 1. The summed E-state index contributed by atoms with van der Waals surface area (Å²) in [6.45, 7) is 5.94. The van der Waals surface area contributed by atoms with Gasteiger partial charge in [-0.05, 0) is 44.9 Å². The Hall–Kier alpha value is -2.69. The molecular weight excluding hydrogens is 300 g/mol. The zero-order valence-electron chi connectivity index (χ0n) is 14.4. The number of para-hydroxylation sites is 1. The van der Waals surface area contributed by atoms with Gasteiger partial charge in [0, 0.05) is 24.5 Å². The molecule has 1 amide bonds. The average Bonchev–Trinajstić information content (AvgIpc) is 3.02. The van der Waals surface area contributed by atoms with Crippen molar-refractivity contribution in [3.63, 3.8) is 0 Å². The van der Waals surface area contributed by atoms with Crippen LogP contribution in [0.15, 0.2) is 30.3 Å². The second-order valence-corrected chi connectivity index (χ2v) is 6.58. The zero-order chi connectivity index (χ0) is 17.0. The Morgan fingerprint density at radius 2 is 2.00 bits per heavy atom. The van der Waals surface area contributed by atoms with Crippen molar-refractivity contribution in [1.29, 1.82) is 0 Å². The van der Waals surface area contributed by atoms with Crippen LogP contribution in [0, 0.1) is 13.8 Å². The molecule has 24 heavy (non-hydrogen) atoms. The maximum Gasteiger partial charge on any atom is 0.259 e. The van der Waals surface area contributed by atoms with Crippen molar-refractivity contribution in [2.45, 2.75) is 33.2 Å². The zero-order valence-corrected chi connectivity index (χ0v) is 14.4. The summed E-state index contributed by atoms with van der Waals surface area (Å²) >= 11 is 0. The van der Waals surface area contributed by atoms with Gasteiger partial charge < -0.3 is 4.90 Å². The van der Waals surface area contributed by atoms with Crippen molar-refractivity contribution < 1.29 is 4.79 Å². The molecule has 1 aromatic carbocycles. The molecule has 0 N–H and O–H groups in total. The quantitative estimate of drug-likeness (QED) is 0.692. The Bertz CT molecular complexity index is 973. The minimum absolute atomic E-state index is 0.0269. The van der Waals surface area contributed by atoms with Gasteiger partial charge in [0.25, 0.3) is 5.91 Å². The Morgan fingerprint density at radius 1 is 1.25 bits per heavy atom. The van der Waals surface area contributed by atoms with E-state index in [1.807, 2.05) is 50.1 Å². The van der Waals surface area contributed by atoms with Gasteiger partial charge in [-0.2, -0.15) is 5.10 Å². The lowest BCUT2D eigenvalue weighted by Crippen LogP contribution is -2.36. The molecular formula is C19H20N4O. The van der Waals surface area contributed by atoms with E-state index in [-0.39, 0.29) is 11.9 Å². The van der Waals surface area contributed by atoms with E-state index in [4.69, 9.17) is 0 Å². The molecule has 5 heteroatoms. The smallest absolute Gasteiger partial charge is 0.259 e. The normalized spacial score (nSPS) is 16.7. The molecule has 0 spiro atoms. The van der Waals surface area contributed by atoms with Crippen LogP contribution >= 0.6 is 0 Å². The van der Waals surface area contributed by atoms with Crippen molar-refractivity contribution >= 4 is 22.6 Å². The molecule has 1 atom stereocenters. The highest BCUT2D eigenvalue weighted by Gasteiger charge is 2.32. The van der Waals surface area contributed by atoms with Gasteiger partial charge in [0.05, 0.1) is 16.6 Å². The Morgan fingerprint density at radius 3 is 2.79 bits per heavy atom. The highest BCUT2D eigenvalue weighted by molar-refractivity contribution is 6.14. The predicted molar refractivity (Wildman–Crippen MR) is 94.4 cm³/mol. The molecule has 0 saturated carbocycles. The molecule has 0 saturated heterocycles. The maximum atomic E-state index is 13.4. The van der Waals surface area contributed by atoms with Crippen molar-refractivity contribution in [3.05, 3.63) is 52.8 Å². The highest BCUT2D eigenvalue weighted by Crippen LogP contribution is 2.34. The van der Waals surface area contributed by atoms with Crippen LogP contribution in [0.4, 0.5) is 5.69 Å². The molecule has 0 fully saturated rings. The van der Waals surface area contributed by atoms with Crippen molar-refractivity contribution in [3.8, 4) is 0 Å². The van der Waals surface area contributed by atoms with Crippen molar-refractivity contribution in [1.82, 2.24) is 14.8 Å². The summed E-state index contributed by atoms with van der Waals surface area (Å²) in [5.74, 6) is 0.0269. The molecule has 122 valence electrons. The third-order valence-corrected chi connectivity index (χ3v) is 4.75. The molecule has 3 heterocycles. The lowest BCUT2D eigenvalue weighted by atomic mass is 10.1. The van der Waals surface area contributed by atoms with Crippen LogP contribution in [-0.2, 0) is 13.5 Å². The highest BCUT2D eigenvalue weighted by atomic mass is 16.2. The first-order valence-electron chi connectivity index (χ1n) is 8.20. The third-order valence-electron chi connectivity index (χ3n) is 4.75. The fourth-order valence-corrected chi connectivity index (χ4v) is 3.74. The first kappa shape index (κ1) is 14.9. The van der Waals surface area contributed by atoms with Crippen molar-refractivity contribution in [2.75, 3.05) is 4.90 Å².